The number of nitrogens with zero attached hydrogens (tertiary/aromatic N) is 2. The van der Waals surface area contributed by atoms with Crippen molar-refractivity contribution in [2.75, 3.05) is 11.6 Å². The zero-order valence-corrected chi connectivity index (χ0v) is 20.6. The number of ether oxygens (including phenoxy) is 1. The van der Waals surface area contributed by atoms with Crippen LogP contribution < -0.4 is 10.3 Å². The molecular formula is C23H31Cl2N3O4. The van der Waals surface area contributed by atoms with Crippen LogP contribution in [0.3, 0.4) is 0 Å². The summed E-state index contributed by atoms with van der Waals surface area (Å²) in [5.41, 5.74) is -0.355. The lowest BCUT2D eigenvalue weighted by molar-refractivity contribution is -0.149. The van der Waals surface area contributed by atoms with E-state index < -0.39 is 5.41 Å². The standard InChI is InChI=1S/C23H31Cl2N3O4/c1-5-7-12-32-21(30)15(3)10-11-23(4,6-2)22(31)26-19-14-20(29)28(27-19)18-13-16(24)8-9-17(18)25/h8-9,13,15H,5-7,10-12,14H2,1-4H3,(H,26,27,31). The van der Waals surface area contributed by atoms with Crippen LogP contribution in [0.1, 0.15) is 66.2 Å². The number of hydrogen-bond donors (Lipinski definition) is 1. The van der Waals surface area contributed by atoms with E-state index >= 15 is 0 Å². The summed E-state index contributed by atoms with van der Waals surface area (Å²) in [6.45, 7) is 8.04. The van der Waals surface area contributed by atoms with Crippen LogP contribution in [-0.4, -0.2) is 30.2 Å². The van der Waals surface area contributed by atoms with Crippen molar-refractivity contribution in [3.05, 3.63) is 28.2 Å². The van der Waals surface area contributed by atoms with Gasteiger partial charge in [-0.3, -0.25) is 14.4 Å². The molecule has 2 rings (SSSR count). The number of esters is 1. The van der Waals surface area contributed by atoms with E-state index in [0.29, 0.717) is 41.6 Å². The molecule has 2 amide bonds. The molecule has 32 heavy (non-hydrogen) atoms. The first-order valence-electron chi connectivity index (χ1n) is 10.9. The van der Waals surface area contributed by atoms with Gasteiger partial charge in [-0.2, -0.15) is 10.1 Å². The molecule has 0 saturated carbocycles. The Balaban J connectivity index is 2.01. The summed E-state index contributed by atoms with van der Waals surface area (Å²) in [6.07, 6.45) is 3.35. The van der Waals surface area contributed by atoms with Crippen molar-refractivity contribution in [2.45, 2.75) is 66.2 Å². The Morgan fingerprint density at radius 3 is 2.69 bits per heavy atom. The summed E-state index contributed by atoms with van der Waals surface area (Å²) in [5.74, 6) is -0.834. The van der Waals surface area contributed by atoms with E-state index in [1.807, 2.05) is 27.7 Å². The zero-order chi connectivity index (χ0) is 23.9. The maximum atomic E-state index is 13.0. The number of carbonyl (C=O) groups excluding carboxylic acids is 3. The summed E-state index contributed by atoms with van der Waals surface area (Å²) in [6, 6.07) is 4.75. The molecule has 1 N–H and O–H groups in total. The fraction of sp³-hybridized carbons (Fsp3) is 0.565. The minimum Gasteiger partial charge on any atom is -0.465 e. The maximum Gasteiger partial charge on any atom is 0.308 e. The third-order valence-corrected chi connectivity index (χ3v) is 6.33. The summed E-state index contributed by atoms with van der Waals surface area (Å²) in [7, 11) is 0. The van der Waals surface area contributed by atoms with Crippen LogP contribution in [-0.2, 0) is 19.1 Å². The van der Waals surface area contributed by atoms with Crippen molar-refractivity contribution in [1.82, 2.24) is 5.32 Å². The molecule has 1 aromatic rings. The lowest BCUT2D eigenvalue weighted by Gasteiger charge is -2.27. The molecule has 0 radical (unpaired) electrons. The topological polar surface area (TPSA) is 88.1 Å². The fourth-order valence-electron chi connectivity index (χ4n) is 3.18. The number of halogens is 2. The molecule has 0 spiro atoms. The van der Waals surface area contributed by atoms with Crippen LogP contribution in [0.5, 0.6) is 0 Å². The number of anilines is 1. The number of unbranched alkanes of at least 4 members (excludes halogenated alkanes) is 1. The van der Waals surface area contributed by atoms with Gasteiger partial charge in [0.25, 0.3) is 5.91 Å². The molecule has 9 heteroatoms. The highest BCUT2D eigenvalue weighted by Crippen LogP contribution is 2.33. The molecule has 0 aliphatic carbocycles. The second-order valence-corrected chi connectivity index (χ2v) is 9.20. The first-order valence-corrected chi connectivity index (χ1v) is 11.7. The Morgan fingerprint density at radius 1 is 1.31 bits per heavy atom. The molecular weight excluding hydrogens is 453 g/mol. The summed E-state index contributed by atoms with van der Waals surface area (Å²) < 4.78 is 5.27. The van der Waals surface area contributed by atoms with Crippen LogP contribution in [0.4, 0.5) is 5.69 Å². The van der Waals surface area contributed by atoms with Crippen LogP contribution in [0.25, 0.3) is 0 Å². The predicted molar refractivity (Wildman–Crippen MR) is 127 cm³/mol. The molecule has 1 heterocycles. The number of amides is 2. The molecule has 0 bridgehead atoms. The molecule has 176 valence electrons. The fourth-order valence-corrected chi connectivity index (χ4v) is 3.54. The minimum atomic E-state index is -0.718. The summed E-state index contributed by atoms with van der Waals surface area (Å²) >= 11 is 12.2. The highest BCUT2D eigenvalue weighted by Gasteiger charge is 2.35. The van der Waals surface area contributed by atoms with E-state index in [1.165, 1.54) is 0 Å². The van der Waals surface area contributed by atoms with Gasteiger partial charge < -0.3 is 10.1 Å². The lowest BCUT2D eigenvalue weighted by Crippen LogP contribution is -2.42. The number of benzene rings is 1. The molecule has 0 fully saturated rings. The lowest BCUT2D eigenvalue weighted by atomic mass is 9.80. The summed E-state index contributed by atoms with van der Waals surface area (Å²) in [5, 5.41) is 8.94. The monoisotopic (exact) mass is 483 g/mol. The third-order valence-electron chi connectivity index (χ3n) is 5.77. The number of hydrazone groups is 1. The third kappa shape index (κ3) is 6.69. The van der Waals surface area contributed by atoms with Crippen molar-refractivity contribution in [2.24, 2.45) is 16.4 Å². The Labute approximate surface area is 199 Å². The molecule has 1 aromatic carbocycles. The number of hydrogen-bond acceptors (Lipinski definition) is 5. The molecule has 0 saturated heterocycles. The Bertz CT molecular complexity index is 890. The Morgan fingerprint density at radius 2 is 2.03 bits per heavy atom. The van der Waals surface area contributed by atoms with Gasteiger partial charge in [-0.15, -0.1) is 0 Å². The highest BCUT2D eigenvalue weighted by atomic mass is 35.5. The molecule has 0 aromatic heterocycles. The van der Waals surface area contributed by atoms with Gasteiger partial charge in [-0.05, 0) is 43.9 Å². The quantitative estimate of drug-likeness (QED) is 0.359. The largest absolute Gasteiger partial charge is 0.465 e. The molecule has 7 nitrogen and oxygen atoms in total. The van der Waals surface area contributed by atoms with E-state index in [4.69, 9.17) is 27.9 Å². The van der Waals surface area contributed by atoms with Gasteiger partial charge in [0.1, 0.15) is 5.84 Å². The van der Waals surface area contributed by atoms with Crippen LogP contribution in [0.2, 0.25) is 10.0 Å². The minimum absolute atomic E-state index is 0.0471. The first-order chi connectivity index (χ1) is 15.1. The van der Waals surface area contributed by atoms with E-state index in [0.717, 1.165) is 17.9 Å². The molecule has 2 atom stereocenters. The Hall–Kier alpha value is -2.12. The van der Waals surface area contributed by atoms with E-state index in [2.05, 4.69) is 10.4 Å². The summed E-state index contributed by atoms with van der Waals surface area (Å²) in [4.78, 5) is 37.6. The Kier molecular flexibility index (Phi) is 9.52. The van der Waals surface area contributed by atoms with Gasteiger partial charge in [0, 0.05) is 10.4 Å². The molecule has 2 unspecified atom stereocenters. The van der Waals surface area contributed by atoms with Gasteiger partial charge in [-0.25, -0.2) is 0 Å². The molecule has 1 aliphatic rings. The van der Waals surface area contributed by atoms with Gasteiger partial charge in [0.2, 0.25) is 5.91 Å². The van der Waals surface area contributed by atoms with E-state index in [9.17, 15) is 14.4 Å². The van der Waals surface area contributed by atoms with Crippen molar-refractivity contribution < 1.29 is 19.1 Å². The SMILES string of the molecule is CCCCOC(=O)C(C)CCC(C)(CC)C(=O)NC1=NN(c2cc(Cl)ccc2Cl)C(=O)C1. The van der Waals surface area contributed by atoms with Crippen LogP contribution >= 0.6 is 23.2 Å². The van der Waals surface area contributed by atoms with Gasteiger partial charge in [0.05, 0.1) is 29.7 Å². The highest BCUT2D eigenvalue weighted by molar-refractivity contribution is 6.36. The van der Waals surface area contributed by atoms with Gasteiger partial charge in [0.15, 0.2) is 0 Å². The number of carbonyl (C=O) groups is 3. The number of nitrogens with one attached hydrogen (secondary N) is 1. The predicted octanol–water partition coefficient (Wildman–Crippen LogP) is 5.34. The van der Waals surface area contributed by atoms with Crippen LogP contribution in [0.15, 0.2) is 23.3 Å². The molecule has 1 aliphatic heterocycles. The van der Waals surface area contributed by atoms with Crippen molar-refractivity contribution in [1.29, 1.82) is 0 Å². The average Bonchev–Trinajstić information content (AvgIpc) is 3.13. The second kappa shape index (κ2) is 11.7. The van der Waals surface area contributed by atoms with Crippen LogP contribution in [0, 0.1) is 11.3 Å². The normalized spacial score (nSPS) is 16.4. The van der Waals surface area contributed by atoms with E-state index in [1.54, 1.807) is 18.2 Å². The smallest absolute Gasteiger partial charge is 0.308 e. The number of rotatable bonds is 10. The van der Waals surface area contributed by atoms with Crippen molar-refractivity contribution in [3.8, 4) is 0 Å². The number of amidine groups is 1. The van der Waals surface area contributed by atoms with Crippen molar-refractivity contribution >= 4 is 52.5 Å². The maximum absolute atomic E-state index is 13.0. The average molecular weight is 484 g/mol. The zero-order valence-electron chi connectivity index (χ0n) is 19.0. The van der Waals surface area contributed by atoms with E-state index in [-0.39, 0.29) is 36.0 Å². The second-order valence-electron chi connectivity index (χ2n) is 8.35. The van der Waals surface area contributed by atoms with Gasteiger partial charge in [-0.1, -0.05) is 57.3 Å². The van der Waals surface area contributed by atoms with Gasteiger partial charge >= 0.3 is 5.97 Å². The first kappa shape index (κ1) is 26.1. The van der Waals surface area contributed by atoms with Crippen molar-refractivity contribution in [3.63, 3.8) is 0 Å².